The van der Waals surface area contributed by atoms with Gasteiger partial charge in [-0.05, 0) is 43.3 Å². The number of rotatable bonds is 6. The van der Waals surface area contributed by atoms with Gasteiger partial charge in [0.2, 0.25) is 11.7 Å². The number of hydrogen-bond acceptors (Lipinski definition) is 6. The maximum Gasteiger partial charge on any atom is 0.338 e. The SMILES string of the molecule is Cc1nc(COc2ccc(C(=O)OC(C)c3ccc(F)cc3F)cc2)no1. The Hall–Kier alpha value is -3.29. The lowest BCUT2D eigenvalue weighted by atomic mass is 10.1. The van der Waals surface area contributed by atoms with Gasteiger partial charge in [-0.2, -0.15) is 4.98 Å². The molecular formula is C19H16F2N2O4. The number of aryl methyl sites for hydroxylation is 1. The van der Waals surface area contributed by atoms with E-state index in [9.17, 15) is 13.6 Å². The molecule has 1 heterocycles. The van der Waals surface area contributed by atoms with E-state index in [4.69, 9.17) is 14.0 Å². The van der Waals surface area contributed by atoms with E-state index in [-0.39, 0.29) is 17.7 Å². The van der Waals surface area contributed by atoms with Crippen LogP contribution in [0, 0.1) is 18.6 Å². The highest BCUT2D eigenvalue weighted by Gasteiger charge is 2.17. The van der Waals surface area contributed by atoms with E-state index in [0.29, 0.717) is 17.5 Å². The summed E-state index contributed by atoms with van der Waals surface area (Å²) >= 11 is 0. The summed E-state index contributed by atoms with van der Waals surface area (Å²) in [5.41, 5.74) is 0.368. The summed E-state index contributed by atoms with van der Waals surface area (Å²) in [7, 11) is 0. The van der Waals surface area contributed by atoms with Crippen molar-refractivity contribution in [3.63, 3.8) is 0 Å². The van der Waals surface area contributed by atoms with Crippen molar-refractivity contribution in [2.24, 2.45) is 0 Å². The Morgan fingerprint density at radius 1 is 1.19 bits per heavy atom. The van der Waals surface area contributed by atoms with Crippen molar-refractivity contribution < 1.29 is 27.6 Å². The van der Waals surface area contributed by atoms with Gasteiger partial charge < -0.3 is 14.0 Å². The predicted octanol–water partition coefficient (Wildman–Crippen LogP) is 4.15. The molecule has 0 aliphatic rings. The summed E-state index contributed by atoms with van der Waals surface area (Å²) in [5.74, 6) is -0.736. The van der Waals surface area contributed by atoms with Crippen LogP contribution in [0.1, 0.15) is 40.7 Å². The minimum absolute atomic E-state index is 0.0973. The molecule has 1 unspecified atom stereocenters. The minimum atomic E-state index is -0.865. The van der Waals surface area contributed by atoms with Crippen LogP contribution in [0.25, 0.3) is 0 Å². The summed E-state index contributed by atoms with van der Waals surface area (Å²) < 4.78 is 42.3. The van der Waals surface area contributed by atoms with E-state index in [1.165, 1.54) is 25.1 Å². The molecule has 27 heavy (non-hydrogen) atoms. The second-order valence-electron chi connectivity index (χ2n) is 5.76. The van der Waals surface area contributed by atoms with Crippen LogP contribution in [0.4, 0.5) is 8.78 Å². The maximum absolute atomic E-state index is 13.8. The van der Waals surface area contributed by atoms with Gasteiger partial charge in [-0.15, -0.1) is 0 Å². The zero-order chi connectivity index (χ0) is 19.4. The first kappa shape index (κ1) is 18.5. The second kappa shape index (κ2) is 7.94. The molecule has 0 radical (unpaired) electrons. The van der Waals surface area contributed by atoms with Gasteiger partial charge in [-0.3, -0.25) is 0 Å². The Morgan fingerprint density at radius 2 is 1.93 bits per heavy atom. The molecule has 2 aromatic carbocycles. The second-order valence-corrected chi connectivity index (χ2v) is 5.76. The molecule has 0 aliphatic heterocycles. The molecule has 140 valence electrons. The van der Waals surface area contributed by atoms with Crippen LogP contribution in [0.5, 0.6) is 5.75 Å². The van der Waals surface area contributed by atoms with E-state index in [2.05, 4.69) is 10.1 Å². The molecule has 0 aliphatic carbocycles. The lowest BCUT2D eigenvalue weighted by Gasteiger charge is -2.14. The highest BCUT2D eigenvalue weighted by Crippen LogP contribution is 2.23. The fraction of sp³-hybridized carbons (Fsp3) is 0.211. The zero-order valence-corrected chi connectivity index (χ0v) is 14.6. The number of hydrogen-bond donors (Lipinski definition) is 0. The van der Waals surface area contributed by atoms with Crippen molar-refractivity contribution in [3.05, 3.63) is 76.9 Å². The van der Waals surface area contributed by atoms with Crippen LogP contribution in [0.3, 0.4) is 0 Å². The fourth-order valence-corrected chi connectivity index (χ4v) is 2.36. The first-order valence-corrected chi connectivity index (χ1v) is 8.10. The number of ether oxygens (including phenoxy) is 2. The van der Waals surface area contributed by atoms with Crippen molar-refractivity contribution in [2.75, 3.05) is 0 Å². The van der Waals surface area contributed by atoms with E-state index >= 15 is 0 Å². The number of nitrogens with zero attached hydrogens (tertiary/aromatic N) is 2. The average Bonchev–Trinajstić information content (AvgIpc) is 3.05. The van der Waals surface area contributed by atoms with Crippen LogP contribution >= 0.6 is 0 Å². The molecule has 0 saturated carbocycles. The largest absolute Gasteiger partial charge is 0.485 e. The predicted molar refractivity (Wildman–Crippen MR) is 90.0 cm³/mol. The van der Waals surface area contributed by atoms with Gasteiger partial charge in [0, 0.05) is 18.6 Å². The lowest BCUT2D eigenvalue weighted by Crippen LogP contribution is -2.10. The number of halogens is 2. The van der Waals surface area contributed by atoms with Crippen LogP contribution in [0.15, 0.2) is 47.0 Å². The standard InChI is InChI=1S/C19H16F2N2O4/c1-11(16-8-5-14(20)9-17(16)21)26-19(24)13-3-6-15(7-4-13)25-10-18-22-12(2)27-23-18/h3-9,11H,10H2,1-2H3. The Labute approximate surface area is 153 Å². The maximum atomic E-state index is 13.8. The topological polar surface area (TPSA) is 74.5 Å². The van der Waals surface area contributed by atoms with Crippen molar-refractivity contribution in [1.29, 1.82) is 0 Å². The van der Waals surface area contributed by atoms with E-state index in [1.807, 2.05) is 0 Å². The first-order chi connectivity index (χ1) is 12.9. The van der Waals surface area contributed by atoms with Crippen molar-refractivity contribution >= 4 is 5.97 Å². The van der Waals surface area contributed by atoms with Gasteiger partial charge in [-0.1, -0.05) is 5.16 Å². The van der Waals surface area contributed by atoms with Gasteiger partial charge in [0.15, 0.2) is 6.61 Å². The highest BCUT2D eigenvalue weighted by atomic mass is 19.1. The Kier molecular flexibility index (Phi) is 5.44. The summed E-state index contributed by atoms with van der Waals surface area (Å²) in [6, 6.07) is 9.33. The zero-order valence-electron chi connectivity index (χ0n) is 14.6. The van der Waals surface area contributed by atoms with Crippen molar-refractivity contribution in [2.45, 2.75) is 26.6 Å². The molecule has 8 heteroatoms. The smallest absolute Gasteiger partial charge is 0.338 e. The van der Waals surface area contributed by atoms with Crippen LogP contribution in [-0.4, -0.2) is 16.1 Å². The number of carbonyl (C=O) groups is 1. The van der Waals surface area contributed by atoms with E-state index in [0.717, 1.165) is 12.1 Å². The molecule has 3 aromatic rings. The minimum Gasteiger partial charge on any atom is -0.485 e. The average molecular weight is 374 g/mol. The van der Waals surface area contributed by atoms with Gasteiger partial charge in [0.1, 0.15) is 23.5 Å². The number of aromatic nitrogens is 2. The van der Waals surface area contributed by atoms with Crippen molar-refractivity contribution in [3.8, 4) is 5.75 Å². The monoisotopic (exact) mass is 374 g/mol. The molecule has 1 aromatic heterocycles. The molecule has 0 N–H and O–H groups in total. The van der Waals surface area contributed by atoms with Gasteiger partial charge in [0.05, 0.1) is 5.56 Å². The molecule has 0 amide bonds. The first-order valence-electron chi connectivity index (χ1n) is 8.10. The number of benzene rings is 2. The normalized spacial score (nSPS) is 11.9. The van der Waals surface area contributed by atoms with Crippen molar-refractivity contribution in [1.82, 2.24) is 10.1 Å². The molecule has 1 atom stereocenters. The van der Waals surface area contributed by atoms with Crippen LogP contribution in [0.2, 0.25) is 0 Å². The third-order valence-corrected chi connectivity index (χ3v) is 3.71. The lowest BCUT2D eigenvalue weighted by molar-refractivity contribution is 0.0331. The molecule has 0 saturated heterocycles. The molecule has 0 bridgehead atoms. The Balaban J connectivity index is 1.59. The van der Waals surface area contributed by atoms with Gasteiger partial charge in [-0.25, -0.2) is 13.6 Å². The van der Waals surface area contributed by atoms with E-state index < -0.39 is 23.7 Å². The molecule has 3 rings (SSSR count). The molecule has 0 fully saturated rings. The number of esters is 1. The Bertz CT molecular complexity index is 941. The van der Waals surface area contributed by atoms with Gasteiger partial charge in [0.25, 0.3) is 0 Å². The Morgan fingerprint density at radius 3 is 2.56 bits per heavy atom. The summed E-state index contributed by atoms with van der Waals surface area (Å²) in [5, 5.41) is 3.71. The third-order valence-electron chi connectivity index (χ3n) is 3.71. The van der Waals surface area contributed by atoms with Gasteiger partial charge >= 0.3 is 5.97 Å². The third kappa shape index (κ3) is 4.66. The summed E-state index contributed by atoms with van der Waals surface area (Å²) in [6.07, 6.45) is -0.865. The van der Waals surface area contributed by atoms with E-state index in [1.54, 1.807) is 19.1 Å². The quantitative estimate of drug-likeness (QED) is 0.604. The molecule has 0 spiro atoms. The van der Waals surface area contributed by atoms with Crippen LogP contribution < -0.4 is 4.74 Å². The van der Waals surface area contributed by atoms with Crippen LogP contribution in [-0.2, 0) is 11.3 Å². The summed E-state index contributed by atoms with van der Waals surface area (Å²) in [4.78, 5) is 16.2. The highest BCUT2D eigenvalue weighted by molar-refractivity contribution is 5.89. The molecule has 6 nitrogen and oxygen atoms in total. The summed E-state index contributed by atoms with van der Waals surface area (Å²) in [6.45, 7) is 3.32. The molecular weight excluding hydrogens is 358 g/mol. The fourth-order valence-electron chi connectivity index (χ4n) is 2.36. The number of carbonyl (C=O) groups excluding carboxylic acids is 1.